The molecule has 0 atom stereocenters. The molecule has 2 aromatic rings. The summed E-state index contributed by atoms with van der Waals surface area (Å²) in [4.78, 5) is 12.0. The molecule has 0 aromatic heterocycles. The monoisotopic (exact) mass is 210 g/mol. The fourth-order valence-corrected chi connectivity index (χ4v) is 2.18. The number of fused-ring (bicyclic) bond motifs is 3. The quantitative estimate of drug-likeness (QED) is 0.619. The van der Waals surface area contributed by atoms with Gasteiger partial charge in [0, 0.05) is 11.1 Å². The van der Waals surface area contributed by atoms with Crippen molar-refractivity contribution < 1.29 is 9.90 Å². The lowest BCUT2D eigenvalue weighted by Gasteiger charge is -2.00. The first-order valence-corrected chi connectivity index (χ1v) is 5.15. The van der Waals surface area contributed by atoms with Crippen molar-refractivity contribution in [3.8, 4) is 16.9 Å². The van der Waals surface area contributed by atoms with Crippen LogP contribution < -0.4 is 0 Å². The minimum absolute atomic E-state index is 0.000833. The summed E-state index contributed by atoms with van der Waals surface area (Å²) in [6.45, 7) is 2.00. The number of ketones is 1. The van der Waals surface area contributed by atoms with Gasteiger partial charge in [-0.2, -0.15) is 0 Å². The Morgan fingerprint density at radius 2 is 1.62 bits per heavy atom. The molecule has 78 valence electrons. The molecule has 2 nitrogen and oxygen atoms in total. The van der Waals surface area contributed by atoms with Gasteiger partial charge in [-0.15, -0.1) is 0 Å². The molecule has 0 unspecified atom stereocenters. The molecule has 0 bridgehead atoms. The largest absolute Gasteiger partial charge is 0.508 e. The van der Waals surface area contributed by atoms with Gasteiger partial charge < -0.3 is 5.11 Å². The molecule has 0 saturated carbocycles. The molecule has 1 N–H and O–H groups in total. The average Bonchev–Trinajstić information content (AvgIpc) is 2.52. The summed E-state index contributed by atoms with van der Waals surface area (Å²) in [6, 6.07) is 10.7. The molecule has 0 radical (unpaired) electrons. The van der Waals surface area contributed by atoms with E-state index in [1.807, 2.05) is 25.1 Å². The molecule has 3 rings (SSSR count). The smallest absolute Gasteiger partial charge is 0.194 e. The Hall–Kier alpha value is -2.09. The number of hydrogen-bond donors (Lipinski definition) is 1. The predicted octanol–water partition coefficient (Wildman–Crippen LogP) is 2.91. The molecule has 2 aromatic carbocycles. The molecule has 0 fully saturated rings. The maximum atomic E-state index is 12.0. The third kappa shape index (κ3) is 1.10. The third-order valence-corrected chi connectivity index (χ3v) is 2.96. The highest BCUT2D eigenvalue weighted by atomic mass is 16.3. The molecule has 16 heavy (non-hydrogen) atoms. The van der Waals surface area contributed by atoms with Crippen LogP contribution in [0.2, 0.25) is 0 Å². The van der Waals surface area contributed by atoms with Crippen molar-refractivity contribution >= 4 is 5.78 Å². The summed E-state index contributed by atoms with van der Waals surface area (Å²) >= 11 is 0. The van der Waals surface area contributed by atoms with E-state index in [2.05, 4.69) is 0 Å². The van der Waals surface area contributed by atoms with E-state index >= 15 is 0 Å². The number of carbonyl (C=O) groups is 1. The topological polar surface area (TPSA) is 37.3 Å². The predicted molar refractivity (Wildman–Crippen MR) is 61.7 cm³/mol. The number of carbonyl (C=O) groups excluding carboxylic acids is 1. The Morgan fingerprint density at radius 3 is 2.44 bits per heavy atom. The van der Waals surface area contributed by atoms with E-state index in [1.54, 1.807) is 12.1 Å². The van der Waals surface area contributed by atoms with Crippen LogP contribution in [-0.4, -0.2) is 10.9 Å². The van der Waals surface area contributed by atoms with Crippen molar-refractivity contribution in [1.29, 1.82) is 0 Å². The van der Waals surface area contributed by atoms with Crippen molar-refractivity contribution in [3.63, 3.8) is 0 Å². The number of phenols is 1. The van der Waals surface area contributed by atoms with Gasteiger partial charge in [0.1, 0.15) is 5.75 Å². The summed E-state index contributed by atoms with van der Waals surface area (Å²) in [6.07, 6.45) is 0. The molecule has 2 heteroatoms. The van der Waals surface area contributed by atoms with Crippen LogP contribution in [-0.2, 0) is 0 Å². The number of phenolic OH excluding ortho intramolecular Hbond substituents is 1. The number of aryl methyl sites for hydroxylation is 1. The highest BCUT2D eigenvalue weighted by Crippen LogP contribution is 2.38. The van der Waals surface area contributed by atoms with E-state index in [9.17, 15) is 9.90 Å². The number of aromatic hydroxyl groups is 1. The fourth-order valence-electron chi connectivity index (χ4n) is 2.18. The summed E-state index contributed by atoms with van der Waals surface area (Å²) < 4.78 is 0. The number of benzene rings is 2. The molecule has 1 aliphatic carbocycles. The SMILES string of the molecule is Cc1ccc2c(c1)-c1ccc(O)cc1C2=O. The van der Waals surface area contributed by atoms with Crippen LogP contribution in [0.4, 0.5) is 0 Å². The van der Waals surface area contributed by atoms with Crippen LogP contribution >= 0.6 is 0 Å². The number of rotatable bonds is 0. The minimum Gasteiger partial charge on any atom is -0.508 e. The van der Waals surface area contributed by atoms with E-state index in [0.29, 0.717) is 5.56 Å². The van der Waals surface area contributed by atoms with Crippen molar-refractivity contribution in [2.75, 3.05) is 0 Å². The second-order valence-electron chi connectivity index (χ2n) is 4.11. The zero-order chi connectivity index (χ0) is 11.3. The van der Waals surface area contributed by atoms with Gasteiger partial charge in [-0.05, 0) is 36.2 Å². The molecule has 0 spiro atoms. The maximum absolute atomic E-state index is 12.0. The third-order valence-electron chi connectivity index (χ3n) is 2.96. The summed E-state index contributed by atoms with van der Waals surface area (Å²) in [5.41, 5.74) is 4.35. The van der Waals surface area contributed by atoms with Crippen LogP contribution in [0.3, 0.4) is 0 Å². The van der Waals surface area contributed by atoms with Crippen molar-refractivity contribution in [3.05, 3.63) is 53.1 Å². The maximum Gasteiger partial charge on any atom is 0.194 e. The average molecular weight is 210 g/mol. The van der Waals surface area contributed by atoms with Gasteiger partial charge in [0.05, 0.1) is 0 Å². The Kier molecular flexibility index (Phi) is 1.69. The van der Waals surface area contributed by atoms with Gasteiger partial charge in [-0.3, -0.25) is 4.79 Å². The highest BCUT2D eigenvalue weighted by Gasteiger charge is 2.26. The molecular formula is C14H10O2. The second-order valence-corrected chi connectivity index (χ2v) is 4.11. The molecular weight excluding hydrogens is 200 g/mol. The first-order chi connectivity index (χ1) is 7.66. The first kappa shape index (κ1) is 9.16. The Bertz CT molecular complexity index is 612. The highest BCUT2D eigenvalue weighted by molar-refractivity contribution is 6.21. The van der Waals surface area contributed by atoms with Gasteiger partial charge >= 0.3 is 0 Å². The van der Waals surface area contributed by atoms with Crippen molar-refractivity contribution in [1.82, 2.24) is 0 Å². The Morgan fingerprint density at radius 1 is 0.875 bits per heavy atom. The standard InChI is InChI=1S/C14H10O2/c1-8-2-4-11-12(6-8)10-5-3-9(15)7-13(10)14(11)16/h2-7,15H,1H3. The molecule has 0 aliphatic heterocycles. The molecule has 0 heterocycles. The van der Waals surface area contributed by atoms with Crippen molar-refractivity contribution in [2.24, 2.45) is 0 Å². The van der Waals surface area contributed by atoms with E-state index in [-0.39, 0.29) is 11.5 Å². The fraction of sp³-hybridized carbons (Fsp3) is 0.0714. The van der Waals surface area contributed by atoms with Crippen LogP contribution in [0.5, 0.6) is 5.75 Å². The summed E-state index contributed by atoms with van der Waals surface area (Å²) in [7, 11) is 0. The minimum atomic E-state index is 0.000833. The second kappa shape index (κ2) is 2.95. The van der Waals surface area contributed by atoms with Gasteiger partial charge in [-0.25, -0.2) is 0 Å². The van der Waals surface area contributed by atoms with Crippen LogP contribution in [0, 0.1) is 6.92 Å². The Labute approximate surface area is 93.2 Å². The van der Waals surface area contributed by atoms with Gasteiger partial charge in [0.15, 0.2) is 5.78 Å². The van der Waals surface area contributed by atoms with Gasteiger partial charge in [-0.1, -0.05) is 23.8 Å². The normalized spacial score (nSPS) is 12.4. The lowest BCUT2D eigenvalue weighted by atomic mass is 10.0. The van der Waals surface area contributed by atoms with E-state index in [1.165, 1.54) is 6.07 Å². The first-order valence-electron chi connectivity index (χ1n) is 5.15. The molecule has 1 aliphatic rings. The molecule has 0 amide bonds. The van der Waals surface area contributed by atoms with E-state index in [4.69, 9.17) is 0 Å². The van der Waals surface area contributed by atoms with E-state index < -0.39 is 0 Å². The summed E-state index contributed by atoms with van der Waals surface area (Å²) in [5.74, 6) is 0.137. The zero-order valence-corrected chi connectivity index (χ0v) is 8.82. The zero-order valence-electron chi connectivity index (χ0n) is 8.82. The Balaban J connectivity index is 2.36. The summed E-state index contributed by atoms with van der Waals surface area (Å²) in [5, 5.41) is 9.40. The lowest BCUT2D eigenvalue weighted by molar-refractivity contribution is 0.104. The lowest BCUT2D eigenvalue weighted by Crippen LogP contribution is -1.94. The van der Waals surface area contributed by atoms with Crippen LogP contribution in [0.1, 0.15) is 21.5 Å². The van der Waals surface area contributed by atoms with Crippen molar-refractivity contribution in [2.45, 2.75) is 6.92 Å². The van der Waals surface area contributed by atoms with E-state index in [0.717, 1.165) is 22.3 Å². The molecule has 0 saturated heterocycles. The van der Waals surface area contributed by atoms with Gasteiger partial charge in [0.25, 0.3) is 0 Å². The van der Waals surface area contributed by atoms with Crippen LogP contribution in [0.25, 0.3) is 11.1 Å². The van der Waals surface area contributed by atoms with Crippen LogP contribution in [0.15, 0.2) is 36.4 Å². The van der Waals surface area contributed by atoms with Gasteiger partial charge in [0.2, 0.25) is 0 Å². The number of hydrogen-bond acceptors (Lipinski definition) is 2.